The topological polar surface area (TPSA) is 63.7 Å². The van der Waals surface area contributed by atoms with E-state index in [9.17, 15) is 14.4 Å². The summed E-state index contributed by atoms with van der Waals surface area (Å²) in [5.74, 6) is -1.10. The zero-order chi connectivity index (χ0) is 17.1. The van der Waals surface area contributed by atoms with Gasteiger partial charge in [0, 0.05) is 12.0 Å². The van der Waals surface area contributed by atoms with Gasteiger partial charge in [-0.3, -0.25) is 9.59 Å². The Morgan fingerprint density at radius 3 is 2.17 bits per heavy atom. The van der Waals surface area contributed by atoms with E-state index in [0.717, 1.165) is 0 Å². The molecule has 1 saturated heterocycles. The average molecular weight is 323 g/mol. The molecule has 0 radical (unpaired) electrons. The third kappa shape index (κ3) is 2.80. The highest BCUT2D eigenvalue weighted by molar-refractivity contribution is 6.04. The number of ketones is 1. The summed E-state index contributed by atoms with van der Waals surface area (Å²) in [5.41, 5.74) is 1.13. The molecule has 2 aromatic rings. The number of hydrogen-bond donors (Lipinski definition) is 0. The third-order valence-corrected chi connectivity index (χ3v) is 4.16. The van der Waals surface area contributed by atoms with Gasteiger partial charge in [-0.1, -0.05) is 48.5 Å². The predicted octanol–water partition coefficient (Wildman–Crippen LogP) is 2.38. The van der Waals surface area contributed by atoms with Crippen molar-refractivity contribution in [1.82, 2.24) is 4.90 Å². The van der Waals surface area contributed by atoms with Crippen molar-refractivity contribution in [2.45, 2.75) is 18.5 Å². The predicted molar refractivity (Wildman–Crippen MR) is 87.2 cm³/mol. The van der Waals surface area contributed by atoms with Gasteiger partial charge in [0.15, 0.2) is 5.78 Å². The minimum absolute atomic E-state index is 0.0369. The Bertz CT molecular complexity index is 757. The van der Waals surface area contributed by atoms with Crippen molar-refractivity contribution in [3.05, 3.63) is 71.8 Å². The van der Waals surface area contributed by atoms with Crippen LogP contribution in [0.3, 0.4) is 0 Å². The molecule has 1 aliphatic rings. The van der Waals surface area contributed by atoms with Crippen molar-refractivity contribution in [3.63, 3.8) is 0 Å². The first-order valence-corrected chi connectivity index (χ1v) is 7.66. The lowest BCUT2D eigenvalue weighted by Crippen LogP contribution is -2.42. The number of methoxy groups -OCH3 is 1. The van der Waals surface area contributed by atoms with Crippen molar-refractivity contribution >= 4 is 17.7 Å². The number of ether oxygens (including phenoxy) is 1. The van der Waals surface area contributed by atoms with Gasteiger partial charge in [-0.05, 0) is 17.7 Å². The van der Waals surface area contributed by atoms with E-state index in [-0.39, 0.29) is 18.1 Å². The largest absolute Gasteiger partial charge is 0.467 e. The monoisotopic (exact) mass is 323 g/mol. The van der Waals surface area contributed by atoms with E-state index in [0.29, 0.717) is 11.1 Å². The van der Waals surface area contributed by atoms with E-state index < -0.39 is 18.1 Å². The van der Waals surface area contributed by atoms with Gasteiger partial charge in [-0.2, -0.15) is 0 Å². The number of benzene rings is 2. The highest BCUT2D eigenvalue weighted by atomic mass is 16.5. The molecular weight excluding hydrogens is 306 g/mol. The fourth-order valence-electron chi connectivity index (χ4n) is 3.04. The van der Waals surface area contributed by atoms with E-state index in [2.05, 4.69) is 0 Å². The molecule has 2 aromatic carbocycles. The highest BCUT2D eigenvalue weighted by Crippen LogP contribution is 2.35. The molecule has 0 saturated carbocycles. The maximum Gasteiger partial charge on any atom is 0.329 e. The molecule has 1 unspecified atom stereocenters. The molecule has 2 atom stereocenters. The first kappa shape index (κ1) is 15.9. The van der Waals surface area contributed by atoms with Crippen LogP contribution in [0.4, 0.5) is 0 Å². The zero-order valence-corrected chi connectivity index (χ0v) is 13.2. The molecule has 1 amide bonds. The number of rotatable bonds is 3. The van der Waals surface area contributed by atoms with E-state index >= 15 is 0 Å². The van der Waals surface area contributed by atoms with Crippen molar-refractivity contribution < 1.29 is 19.1 Å². The maximum atomic E-state index is 13.0. The van der Waals surface area contributed by atoms with Crippen molar-refractivity contribution in [2.75, 3.05) is 7.11 Å². The van der Waals surface area contributed by atoms with Crippen LogP contribution < -0.4 is 0 Å². The Kier molecular flexibility index (Phi) is 4.42. The molecule has 0 bridgehead atoms. The molecule has 0 aliphatic carbocycles. The van der Waals surface area contributed by atoms with Crippen LogP contribution >= 0.6 is 0 Å². The Labute approximate surface area is 139 Å². The Morgan fingerprint density at radius 2 is 1.58 bits per heavy atom. The smallest absolute Gasteiger partial charge is 0.329 e. The molecule has 5 nitrogen and oxygen atoms in total. The quantitative estimate of drug-likeness (QED) is 0.814. The van der Waals surface area contributed by atoms with E-state index in [4.69, 9.17) is 4.74 Å². The minimum Gasteiger partial charge on any atom is -0.467 e. The molecule has 0 spiro atoms. The Balaban J connectivity index is 2.05. The second-order valence-corrected chi connectivity index (χ2v) is 5.60. The molecule has 1 heterocycles. The SMILES string of the molecule is COC(=O)[C@@H]1CC(=O)C(c2ccccc2)N1C(=O)c1ccccc1. The van der Waals surface area contributed by atoms with Crippen LogP contribution in [0, 0.1) is 0 Å². The number of nitrogens with zero attached hydrogens (tertiary/aromatic N) is 1. The molecular formula is C19H17NO4. The van der Waals surface area contributed by atoms with Crippen LogP contribution in [0.5, 0.6) is 0 Å². The normalized spacial score (nSPS) is 20.0. The number of carbonyl (C=O) groups excluding carboxylic acids is 3. The van der Waals surface area contributed by atoms with Crippen LogP contribution in [-0.2, 0) is 14.3 Å². The van der Waals surface area contributed by atoms with Crippen LogP contribution in [0.1, 0.15) is 28.4 Å². The molecule has 3 rings (SSSR count). The summed E-state index contributed by atoms with van der Waals surface area (Å²) in [6.45, 7) is 0. The van der Waals surface area contributed by atoms with Gasteiger partial charge in [0.05, 0.1) is 7.11 Å². The summed E-state index contributed by atoms with van der Waals surface area (Å²) in [6, 6.07) is 16.0. The third-order valence-electron chi connectivity index (χ3n) is 4.16. The van der Waals surface area contributed by atoms with Crippen molar-refractivity contribution in [2.24, 2.45) is 0 Å². The number of esters is 1. The van der Waals surface area contributed by atoms with Gasteiger partial charge in [0.1, 0.15) is 12.1 Å². The lowest BCUT2D eigenvalue weighted by molar-refractivity contribution is -0.145. The summed E-state index contributed by atoms with van der Waals surface area (Å²) in [4.78, 5) is 39.0. The lowest BCUT2D eigenvalue weighted by Gasteiger charge is -2.28. The Hall–Kier alpha value is -2.95. The van der Waals surface area contributed by atoms with E-state index in [1.165, 1.54) is 12.0 Å². The van der Waals surface area contributed by atoms with Gasteiger partial charge >= 0.3 is 5.97 Å². The molecule has 1 fully saturated rings. The highest BCUT2D eigenvalue weighted by Gasteiger charge is 2.47. The van der Waals surface area contributed by atoms with Gasteiger partial charge in [-0.15, -0.1) is 0 Å². The zero-order valence-electron chi connectivity index (χ0n) is 13.2. The van der Waals surface area contributed by atoms with Crippen molar-refractivity contribution in [1.29, 1.82) is 0 Å². The number of carbonyl (C=O) groups is 3. The number of amides is 1. The lowest BCUT2D eigenvalue weighted by atomic mass is 10.0. The molecule has 5 heteroatoms. The van der Waals surface area contributed by atoms with Crippen LogP contribution in [0.25, 0.3) is 0 Å². The van der Waals surface area contributed by atoms with Gasteiger partial charge < -0.3 is 9.64 Å². The maximum absolute atomic E-state index is 13.0. The number of hydrogen-bond acceptors (Lipinski definition) is 4. The Morgan fingerprint density at radius 1 is 1.00 bits per heavy atom. The summed E-state index contributed by atoms with van der Waals surface area (Å²) in [7, 11) is 1.26. The molecule has 1 aliphatic heterocycles. The fraction of sp³-hybridized carbons (Fsp3) is 0.211. The van der Waals surface area contributed by atoms with Crippen molar-refractivity contribution in [3.8, 4) is 0 Å². The first-order valence-electron chi connectivity index (χ1n) is 7.66. The van der Waals surface area contributed by atoms with E-state index in [1.54, 1.807) is 54.6 Å². The summed E-state index contributed by atoms with van der Waals surface area (Å²) < 4.78 is 4.80. The molecule has 0 N–H and O–H groups in total. The molecule has 0 aromatic heterocycles. The minimum atomic E-state index is -0.902. The summed E-state index contributed by atoms with van der Waals surface area (Å²) >= 11 is 0. The number of likely N-dealkylation sites (tertiary alicyclic amines) is 1. The summed E-state index contributed by atoms with van der Waals surface area (Å²) in [5, 5.41) is 0. The summed E-state index contributed by atoms with van der Waals surface area (Å²) in [6.07, 6.45) is -0.0369. The van der Waals surface area contributed by atoms with Gasteiger partial charge in [0.2, 0.25) is 0 Å². The van der Waals surface area contributed by atoms with E-state index in [1.807, 2.05) is 6.07 Å². The molecule has 24 heavy (non-hydrogen) atoms. The molecule has 122 valence electrons. The van der Waals surface area contributed by atoms with Crippen LogP contribution in [0.2, 0.25) is 0 Å². The van der Waals surface area contributed by atoms with Gasteiger partial charge in [0.25, 0.3) is 5.91 Å². The standard InChI is InChI=1S/C19H17NO4/c1-24-19(23)15-12-16(21)17(13-8-4-2-5-9-13)20(15)18(22)14-10-6-3-7-11-14/h2-11,15,17H,12H2,1H3/t15-,17?/m0/s1. The average Bonchev–Trinajstić information content (AvgIpc) is 2.99. The number of Topliss-reactive ketones (excluding diaryl/α,β-unsaturated/α-hetero) is 1. The second kappa shape index (κ2) is 6.66. The van der Waals surface area contributed by atoms with Crippen LogP contribution in [0.15, 0.2) is 60.7 Å². The van der Waals surface area contributed by atoms with Crippen LogP contribution in [-0.4, -0.2) is 35.7 Å². The first-order chi connectivity index (χ1) is 11.6. The second-order valence-electron chi connectivity index (χ2n) is 5.60. The van der Waals surface area contributed by atoms with Gasteiger partial charge in [-0.25, -0.2) is 4.79 Å². The fourth-order valence-corrected chi connectivity index (χ4v) is 3.04.